The SMILES string of the molecule is CN(C)CCn1ccc(NC(=O)c2cc(C#N)cc3ccccc23)n1. The van der Waals surface area contributed by atoms with Crippen LogP contribution in [0.1, 0.15) is 15.9 Å². The minimum Gasteiger partial charge on any atom is -0.308 e. The summed E-state index contributed by atoms with van der Waals surface area (Å²) in [4.78, 5) is 14.8. The summed E-state index contributed by atoms with van der Waals surface area (Å²) >= 11 is 0. The van der Waals surface area contributed by atoms with E-state index < -0.39 is 0 Å². The van der Waals surface area contributed by atoms with Crippen molar-refractivity contribution in [3.05, 3.63) is 59.8 Å². The fourth-order valence-corrected chi connectivity index (χ4v) is 2.60. The van der Waals surface area contributed by atoms with E-state index in [-0.39, 0.29) is 5.91 Å². The molecular formula is C19H19N5O. The first-order chi connectivity index (χ1) is 12.1. The normalized spacial score (nSPS) is 10.8. The molecule has 0 unspecified atom stereocenters. The van der Waals surface area contributed by atoms with Crippen LogP contribution in [-0.2, 0) is 6.54 Å². The summed E-state index contributed by atoms with van der Waals surface area (Å²) in [5, 5.41) is 18.1. The number of rotatable bonds is 5. The summed E-state index contributed by atoms with van der Waals surface area (Å²) in [5.74, 6) is 0.223. The Labute approximate surface area is 146 Å². The molecule has 0 spiro atoms. The van der Waals surface area contributed by atoms with Gasteiger partial charge < -0.3 is 10.2 Å². The monoisotopic (exact) mass is 333 g/mol. The minimum atomic E-state index is -0.272. The number of carbonyl (C=O) groups is 1. The van der Waals surface area contributed by atoms with Gasteiger partial charge in [-0.15, -0.1) is 0 Å². The van der Waals surface area contributed by atoms with Gasteiger partial charge in [0, 0.05) is 24.4 Å². The molecule has 25 heavy (non-hydrogen) atoms. The van der Waals surface area contributed by atoms with Crippen molar-refractivity contribution >= 4 is 22.5 Å². The number of anilines is 1. The molecule has 0 saturated heterocycles. The number of hydrogen-bond donors (Lipinski definition) is 1. The highest BCUT2D eigenvalue weighted by Gasteiger charge is 2.13. The summed E-state index contributed by atoms with van der Waals surface area (Å²) < 4.78 is 1.79. The van der Waals surface area contributed by atoms with Crippen LogP contribution in [0.25, 0.3) is 10.8 Å². The first-order valence-corrected chi connectivity index (χ1v) is 7.99. The van der Waals surface area contributed by atoms with Gasteiger partial charge in [-0.25, -0.2) is 0 Å². The lowest BCUT2D eigenvalue weighted by Crippen LogP contribution is -2.19. The Morgan fingerprint density at radius 2 is 2.08 bits per heavy atom. The molecule has 3 rings (SSSR count). The molecule has 3 aromatic rings. The van der Waals surface area contributed by atoms with E-state index in [1.54, 1.807) is 22.9 Å². The first kappa shape index (κ1) is 16.7. The van der Waals surface area contributed by atoms with Crippen LogP contribution >= 0.6 is 0 Å². The van der Waals surface area contributed by atoms with Gasteiger partial charge in [0.1, 0.15) is 0 Å². The smallest absolute Gasteiger partial charge is 0.257 e. The third-order valence-corrected chi connectivity index (χ3v) is 3.89. The molecule has 1 N–H and O–H groups in total. The van der Waals surface area contributed by atoms with Gasteiger partial charge in [-0.2, -0.15) is 10.4 Å². The molecule has 6 nitrogen and oxygen atoms in total. The molecule has 1 amide bonds. The van der Waals surface area contributed by atoms with Crippen LogP contribution < -0.4 is 5.32 Å². The van der Waals surface area contributed by atoms with Gasteiger partial charge in [0.2, 0.25) is 0 Å². The Hall–Kier alpha value is -3.17. The predicted molar refractivity (Wildman–Crippen MR) is 97.4 cm³/mol. The van der Waals surface area contributed by atoms with E-state index in [1.165, 1.54) is 0 Å². The summed E-state index contributed by atoms with van der Waals surface area (Å²) in [7, 11) is 4.00. The van der Waals surface area contributed by atoms with Crippen LogP contribution in [0.5, 0.6) is 0 Å². The molecule has 0 saturated carbocycles. The van der Waals surface area contributed by atoms with Crippen molar-refractivity contribution in [3.63, 3.8) is 0 Å². The van der Waals surface area contributed by atoms with Gasteiger partial charge in [0.05, 0.1) is 18.2 Å². The van der Waals surface area contributed by atoms with Gasteiger partial charge in [-0.3, -0.25) is 9.48 Å². The van der Waals surface area contributed by atoms with Crippen LogP contribution in [0.15, 0.2) is 48.7 Å². The van der Waals surface area contributed by atoms with E-state index in [0.29, 0.717) is 16.9 Å². The average Bonchev–Trinajstić information content (AvgIpc) is 3.06. The third kappa shape index (κ3) is 3.84. The highest BCUT2D eigenvalue weighted by Crippen LogP contribution is 2.22. The van der Waals surface area contributed by atoms with Crippen molar-refractivity contribution in [2.75, 3.05) is 26.0 Å². The zero-order chi connectivity index (χ0) is 17.8. The van der Waals surface area contributed by atoms with Gasteiger partial charge in [0.15, 0.2) is 5.82 Å². The Morgan fingerprint density at radius 3 is 2.84 bits per heavy atom. The van der Waals surface area contributed by atoms with Gasteiger partial charge in [-0.1, -0.05) is 24.3 Å². The summed E-state index contributed by atoms with van der Waals surface area (Å²) in [5.41, 5.74) is 0.929. The first-order valence-electron chi connectivity index (χ1n) is 7.99. The summed E-state index contributed by atoms with van der Waals surface area (Å²) in [6.07, 6.45) is 1.84. The highest BCUT2D eigenvalue weighted by atomic mass is 16.1. The van der Waals surface area contributed by atoms with E-state index in [4.69, 9.17) is 0 Å². The molecule has 6 heteroatoms. The zero-order valence-electron chi connectivity index (χ0n) is 14.2. The third-order valence-electron chi connectivity index (χ3n) is 3.89. The quantitative estimate of drug-likeness (QED) is 0.779. The summed E-state index contributed by atoms with van der Waals surface area (Å²) in [6.45, 7) is 1.61. The minimum absolute atomic E-state index is 0.272. The van der Waals surface area contributed by atoms with E-state index >= 15 is 0 Å². The largest absolute Gasteiger partial charge is 0.308 e. The lowest BCUT2D eigenvalue weighted by Gasteiger charge is -2.09. The van der Waals surface area contributed by atoms with Crippen molar-refractivity contribution in [3.8, 4) is 6.07 Å². The number of hydrogen-bond acceptors (Lipinski definition) is 4. The van der Waals surface area contributed by atoms with E-state index in [0.717, 1.165) is 23.9 Å². The number of nitrogens with one attached hydrogen (secondary N) is 1. The number of amides is 1. The van der Waals surface area contributed by atoms with Crippen LogP contribution in [0.4, 0.5) is 5.82 Å². The zero-order valence-corrected chi connectivity index (χ0v) is 14.2. The van der Waals surface area contributed by atoms with Crippen LogP contribution in [0.3, 0.4) is 0 Å². The molecule has 0 bridgehead atoms. The molecule has 0 aliphatic heterocycles. The lowest BCUT2D eigenvalue weighted by atomic mass is 10.0. The van der Waals surface area contributed by atoms with Crippen molar-refractivity contribution in [1.29, 1.82) is 5.26 Å². The molecule has 0 atom stereocenters. The number of nitriles is 1. The van der Waals surface area contributed by atoms with Crippen LogP contribution in [0.2, 0.25) is 0 Å². The van der Waals surface area contributed by atoms with Crippen molar-refractivity contribution in [1.82, 2.24) is 14.7 Å². The fourth-order valence-electron chi connectivity index (χ4n) is 2.60. The van der Waals surface area contributed by atoms with E-state index in [1.807, 2.05) is 44.6 Å². The molecule has 2 aromatic carbocycles. The van der Waals surface area contributed by atoms with Gasteiger partial charge >= 0.3 is 0 Å². The second kappa shape index (κ2) is 7.16. The predicted octanol–water partition coefficient (Wildman–Crippen LogP) is 2.72. The van der Waals surface area contributed by atoms with Crippen molar-refractivity contribution in [2.24, 2.45) is 0 Å². The van der Waals surface area contributed by atoms with Crippen LogP contribution in [-0.4, -0.2) is 41.2 Å². The molecular weight excluding hydrogens is 314 g/mol. The Balaban J connectivity index is 1.84. The van der Waals surface area contributed by atoms with E-state index in [2.05, 4.69) is 21.4 Å². The number of likely N-dealkylation sites (N-methyl/N-ethyl adjacent to an activating group) is 1. The Bertz CT molecular complexity index is 952. The number of nitrogens with zero attached hydrogens (tertiary/aromatic N) is 4. The van der Waals surface area contributed by atoms with Gasteiger partial charge in [0.25, 0.3) is 5.91 Å². The maximum atomic E-state index is 12.7. The fraction of sp³-hybridized carbons (Fsp3) is 0.211. The number of fused-ring (bicyclic) bond motifs is 1. The number of aromatic nitrogens is 2. The maximum absolute atomic E-state index is 12.7. The standard InChI is InChI=1S/C19H19N5O/c1-23(2)9-10-24-8-7-18(22-24)21-19(25)17-12-14(13-20)11-15-5-3-4-6-16(15)17/h3-8,11-12H,9-10H2,1-2H3,(H,21,22,25). The second-order valence-corrected chi connectivity index (χ2v) is 6.08. The van der Waals surface area contributed by atoms with Gasteiger partial charge in [-0.05, 0) is 37.0 Å². The Morgan fingerprint density at radius 1 is 1.28 bits per heavy atom. The molecule has 0 aliphatic rings. The highest BCUT2D eigenvalue weighted by molar-refractivity contribution is 6.13. The van der Waals surface area contributed by atoms with Crippen molar-refractivity contribution in [2.45, 2.75) is 6.54 Å². The molecule has 1 heterocycles. The topological polar surface area (TPSA) is 73.9 Å². The molecule has 1 aromatic heterocycles. The maximum Gasteiger partial charge on any atom is 0.257 e. The van der Waals surface area contributed by atoms with Crippen molar-refractivity contribution < 1.29 is 4.79 Å². The summed E-state index contributed by atoms with van der Waals surface area (Å²) in [6, 6.07) is 14.8. The second-order valence-electron chi connectivity index (χ2n) is 6.08. The Kier molecular flexibility index (Phi) is 4.78. The van der Waals surface area contributed by atoms with Crippen LogP contribution in [0, 0.1) is 11.3 Å². The molecule has 0 radical (unpaired) electrons. The number of carbonyl (C=O) groups excluding carboxylic acids is 1. The number of benzene rings is 2. The molecule has 0 aliphatic carbocycles. The average molecular weight is 333 g/mol. The van der Waals surface area contributed by atoms with E-state index in [9.17, 15) is 10.1 Å². The molecule has 126 valence electrons. The molecule has 0 fully saturated rings. The lowest BCUT2D eigenvalue weighted by molar-refractivity contribution is 0.102.